The second kappa shape index (κ2) is 4.38. The molecule has 0 saturated carbocycles. The zero-order valence-corrected chi connectivity index (χ0v) is 8.83. The molecule has 0 bridgehead atoms. The van der Waals surface area contributed by atoms with Gasteiger partial charge in [-0.1, -0.05) is 0 Å². The van der Waals surface area contributed by atoms with Gasteiger partial charge in [-0.15, -0.1) is 0 Å². The number of hydrogen-bond acceptors (Lipinski definition) is 4. The number of nitrogens with one attached hydrogen (secondary N) is 1. The maximum atomic E-state index is 11.3. The summed E-state index contributed by atoms with van der Waals surface area (Å²) in [6.45, 7) is 6.99. The van der Waals surface area contributed by atoms with Crippen LogP contribution in [0.3, 0.4) is 0 Å². The SMILES string of the molecule is CC1CN(N2CCCC(=O)C2)CCN1. The fourth-order valence-electron chi connectivity index (χ4n) is 2.23. The summed E-state index contributed by atoms with van der Waals surface area (Å²) in [5, 5.41) is 7.97. The number of carbonyl (C=O) groups excluding carboxylic acids is 1. The van der Waals surface area contributed by atoms with Crippen LogP contribution < -0.4 is 5.32 Å². The molecule has 14 heavy (non-hydrogen) atoms. The van der Waals surface area contributed by atoms with Gasteiger partial charge in [-0.25, -0.2) is 10.0 Å². The first-order valence-electron chi connectivity index (χ1n) is 5.50. The Balaban J connectivity index is 1.89. The number of rotatable bonds is 1. The minimum atomic E-state index is 0.391. The lowest BCUT2D eigenvalue weighted by atomic mass is 10.1. The van der Waals surface area contributed by atoms with Gasteiger partial charge in [0.25, 0.3) is 0 Å². The summed E-state index contributed by atoms with van der Waals surface area (Å²) < 4.78 is 0. The number of hydrogen-bond donors (Lipinski definition) is 1. The van der Waals surface area contributed by atoms with Crippen molar-refractivity contribution in [3.63, 3.8) is 0 Å². The molecule has 0 aromatic rings. The molecule has 1 atom stereocenters. The maximum absolute atomic E-state index is 11.3. The lowest BCUT2D eigenvalue weighted by Gasteiger charge is -2.41. The number of Topliss-reactive ketones (excluding diaryl/α,β-unsaturated/α-hetero) is 1. The van der Waals surface area contributed by atoms with Gasteiger partial charge in [-0.05, 0) is 13.3 Å². The minimum absolute atomic E-state index is 0.391. The molecular formula is C10H19N3O. The Morgan fingerprint density at radius 2 is 2.21 bits per heavy atom. The third-order valence-corrected chi connectivity index (χ3v) is 2.98. The fraction of sp³-hybridized carbons (Fsp3) is 0.900. The maximum Gasteiger partial charge on any atom is 0.148 e. The van der Waals surface area contributed by atoms with Crippen LogP contribution in [0.4, 0.5) is 0 Å². The van der Waals surface area contributed by atoms with E-state index in [4.69, 9.17) is 0 Å². The zero-order chi connectivity index (χ0) is 9.97. The highest BCUT2D eigenvalue weighted by molar-refractivity contribution is 5.80. The first-order chi connectivity index (χ1) is 6.75. The quantitative estimate of drug-likeness (QED) is 0.634. The highest BCUT2D eigenvalue weighted by Gasteiger charge is 2.25. The summed E-state index contributed by atoms with van der Waals surface area (Å²) in [4.78, 5) is 11.3. The number of carbonyl (C=O) groups is 1. The van der Waals surface area contributed by atoms with Crippen molar-refractivity contribution in [2.45, 2.75) is 25.8 Å². The van der Waals surface area contributed by atoms with E-state index in [-0.39, 0.29) is 0 Å². The van der Waals surface area contributed by atoms with Gasteiger partial charge in [0.05, 0.1) is 6.54 Å². The summed E-state index contributed by atoms with van der Waals surface area (Å²) in [5.41, 5.74) is 0. The third kappa shape index (κ3) is 2.32. The molecule has 2 aliphatic heterocycles. The van der Waals surface area contributed by atoms with Gasteiger partial charge in [0.1, 0.15) is 5.78 Å². The molecule has 4 nitrogen and oxygen atoms in total. The molecule has 2 saturated heterocycles. The van der Waals surface area contributed by atoms with E-state index in [1.807, 2.05) is 0 Å². The van der Waals surface area contributed by atoms with E-state index in [0.29, 0.717) is 18.4 Å². The molecule has 2 heterocycles. The first-order valence-corrected chi connectivity index (χ1v) is 5.50. The summed E-state index contributed by atoms with van der Waals surface area (Å²) in [6.07, 6.45) is 1.80. The molecule has 0 radical (unpaired) electrons. The highest BCUT2D eigenvalue weighted by Crippen LogP contribution is 2.11. The van der Waals surface area contributed by atoms with Crippen molar-refractivity contribution in [1.29, 1.82) is 0 Å². The summed E-state index contributed by atoms with van der Waals surface area (Å²) >= 11 is 0. The fourth-order valence-corrected chi connectivity index (χ4v) is 2.23. The summed E-state index contributed by atoms with van der Waals surface area (Å²) in [7, 11) is 0. The highest BCUT2D eigenvalue weighted by atomic mass is 16.1. The lowest BCUT2D eigenvalue weighted by Crippen LogP contribution is -2.58. The van der Waals surface area contributed by atoms with Crippen LogP contribution in [0.1, 0.15) is 19.8 Å². The number of nitrogens with zero attached hydrogens (tertiary/aromatic N) is 2. The van der Waals surface area contributed by atoms with Crippen molar-refractivity contribution in [3.05, 3.63) is 0 Å². The molecule has 1 unspecified atom stereocenters. The van der Waals surface area contributed by atoms with Gasteiger partial charge in [0, 0.05) is 38.6 Å². The third-order valence-electron chi connectivity index (χ3n) is 2.98. The molecular weight excluding hydrogens is 178 g/mol. The topological polar surface area (TPSA) is 35.6 Å². The molecule has 2 rings (SSSR count). The Hall–Kier alpha value is -0.450. The van der Waals surface area contributed by atoms with Crippen LogP contribution in [0.25, 0.3) is 0 Å². The summed E-state index contributed by atoms with van der Waals surface area (Å²) in [5.74, 6) is 0.391. The molecule has 0 spiro atoms. The van der Waals surface area contributed by atoms with Gasteiger partial charge < -0.3 is 5.32 Å². The van der Waals surface area contributed by atoms with E-state index in [1.165, 1.54) is 0 Å². The number of piperazine rings is 1. The largest absolute Gasteiger partial charge is 0.312 e. The predicted octanol–water partition coefficient (Wildman–Crippen LogP) is -0.140. The zero-order valence-electron chi connectivity index (χ0n) is 8.83. The van der Waals surface area contributed by atoms with E-state index in [2.05, 4.69) is 22.3 Å². The lowest BCUT2D eigenvalue weighted by molar-refractivity contribution is -0.132. The van der Waals surface area contributed by atoms with E-state index < -0.39 is 0 Å². The van der Waals surface area contributed by atoms with E-state index in [0.717, 1.165) is 39.0 Å². The monoisotopic (exact) mass is 197 g/mol. The second-order valence-electron chi connectivity index (χ2n) is 4.30. The molecule has 0 aromatic heterocycles. The molecule has 2 aliphatic rings. The molecule has 2 fully saturated rings. The molecule has 4 heteroatoms. The number of hydrazine groups is 1. The normalized spacial score (nSPS) is 32.1. The molecule has 0 aliphatic carbocycles. The Labute approximate surface area is 85.2 Å². The molecule has 80 valence electrons. The second-order valence-corrected chi connectivity index (χ2v) is 4.30. The Morgan fingerprint density at radius 1 is 1.36 bits per heavy atom. The molecule has 1 N–H and O–H groups in total. The van der Waals surface area contributed by atoms with Gasteiger partial charge in [0.15, 0.2) is 0 Å². The van der Waals surface area contributed by atoms with E-state index >= 15 is 0 Å². The average molecular weight is 197 g/mol. The first kappa shape index (κ1) is 10.1. The van der Waals surface area contributed by atoms with Crippen molar-refractivity contribution in [2.24, 2.45) is 0 Å². The van der Waals surface area contributed by atoms with Crippen LogP contribution in [0.2, 0.25) is 0 Å². The van der Waals surface area contributed by atoms with E-state index in [9.17, 15) is 4.79 Å². The number of piperidine rings is 1. The Kier molecular flexibility index (Phi) is 3.15. The van der Waals surface area contributed by atoms with Crippen molar-refractivity contribution in [1.82, 2.24) is 15.3 Å². The van der Waals surface area contributed by atoms with Crippen LogP contribution in [0.5, 0.6) is 0 Å². The molecule has 0 aromatic carbocycles. The molecule has 0 amide bonds. The van der Waals surface area contributed by atoms with Crippen LogP contribution in [0, 0.1) is 0 Å². The van der Waals surface area contributed by atoms with Crippen LogP contribution in [-0.4, -0.2) is 54.6 Å². The van der Waals surface area contributed by atoms with Crippen molar-refractivity contribution in [2.75, 3.05) is 32.7 Å². The van der Waals surface area contributed by atoms with Crippen molar-refractivity contribution < 1.29 is 4.79 Å². The Bertz CT molecular complexity index is 219. The predicted molar refractivity (Wildman–Crippen MR) is 54.9 cm³/mol. The van der Waals surface area contributed by atoms with Gasteiger partial charge in [-0.3, -0.25) is 4.79 Å². The van der Waals surface area contributed by atoms with Crippen LogP contribution >= 0.6 is 0 Å². The average Bonchev–Trinajstić information content (AvgIpc) is 2.18. The van der Waals surface area contributed by atoms with Gasteiger partial charge in [-0.2, -0.15) is 0 Å². The van der Waals surface area contributed by atoms with Crippen molar-refractivity contribution >= 4 is 5.78 Å². The summed E-state index contributed by atoms with van der Waals surface area (Å²) in [6, 6.07) is 0.542. The van der Waals surface area contributed by atoms with Crippen molar-refractivity contribution in [3.8, 4) is 0 Å². The minimum Gasteiger partial charge on any atom is -0.312 e. The van der Waals surface area contributed by atoms with E-state index in [1.54, 1.807) is 0 Å². The van der Waals surface area contributed by atoms with Crippen LogP contribution in [-0.2, 0) is 4.79 Å². The smallest absolute Gasteiger partial charge is 0.148 e. The standard InChI is InChI=1S/C10H19N3O/c1-9-7-13(6-4-11-9)12-5-2-3-10(14)8-12/h9,11H,2-8H2,1H3. The number of ketones is 1. The van der Waals surface area contributed by atoms with Crippen LogP contribution in [0.15, 0.2) is 0 Å². The van der Waals surface area contributed by atoms with Gasteiger partial charge in [0.2, 0.25) is 0 Å². The van der Waals surface area contributed by atoms with Gasteiger partial charge >= 0.3 is 0 Å². The Morgan fingerprint density at radius 3 is 2.93 bits per heavy atom.